The predicted molar refractivity (Wildman–Crippen MR) is 188 cm³/mol. The average molecular weight is 670 g/mol. The highest BCUT2D eigenvalue weighted by molar-refractivity contribution is 7.92. The molecule has 0 heterocycles. The molecule has 1 atom stereocenters. The van der Waals surface area contributed by atoms with Crippen LogP contribution in [0.1, 0.15) is 59.9 Å². The van der Waals surface area contributed by atoms with E-state index < -0.39 is 34.3 Å². The summed E-state index contributed by atoms with van der Waals surface area (Å²) in [6.07, 6.45) is 5.12. The normalized spacial score (nSPS) is 14.2. The van der Waals surface area contributed by atoms with Gasteiger partial charge in [0.15, 0.2) is 0 Å². The van der Waals surface area contributed by atoms with Crippen LogP contribution in [0.4, 0.5) is 10.1 Å². The first kappa shape index (κ1) is 34.8. The number of carbonyl (C=O) groups is 2. The van der Waals surface area contributed by atoms with Crippen molar-refractivity contribution in [3.05, 3.63) is 131 Å². The van der Waals surface area contributed by atoms with Gasteiger partial charge in [0, 0.05) is 19.0 Å². The second-order valence-corrected chi connectivity index (χ2v) is 14.7. The Morgan fingerprint density at radius 1 is 0.812 bits per heavy atom. The molecule has 2 amide bonds. The van der Waals surface area contributed by atoms with E-state index in [1.54, 1.807) is 42.5 Å². The molecule has 0 saturated heterocycles. The molecule has 1 aliphatic rings. The lowest BCUT2D eigenvalue weighted by Gasteiger charge is -2.35. The topological polar surface area (TPSA) is 86.8 Å². The number of halogens is 1. The summed E-state index contributed by atoms with van der Waals surface area (Å²) in [5.74, 6) is -1.26. The summed E-state index contributed by atoms with van der Waals surface area (Å²) >= 11 is 0. The van der Waals surface area contributed by atoms with Crippen LogP contribution in [0.5, 0.6) is 0 Å². The third-order valence-electron chi connectivity index (χ3n) is 9.01. The smallest absolute Gasteiger partial charge is 0.264 e. The minimum atomic E-state index is -4.21. The number of sulfonamides is 1. The van der Waals surface area contributed by atoms with E-state index in [4.69, 9.17) is 0 Å². The summed E-state index contributed by atoms with van der Waals surface area (Å²) < 4.78 is 43.8. The van der Waals surface area contributed by atoms with Gasteiger partial charge in [-0.3, -0.25) is 13.9 Å². The SMILES string of the molecule is Cc1ccc(S(=O)(=O)N(CC(=O)N(Cc2ccc(F)cc2)[C@@H](Cc2ccccc2)C(=O)NC2CCCCC2)c2cc(C)ccc2C)cc1. The first-order chi connectivity index (χ1) is 23.0. The number of rotatable bonds is 12. The second-order valence-electron chi connectivity index (χ2n) is 12.8. The van der Waals surface area contributed by atoms with Crippen LogP contribution in [0.25, 0.3) is 0 Å². The zero-order valence-electron chi connectivity index (χ0n) is 27.9. The molecule has 0 aromatic heterocycles. The fraction of sp³-hybridized carbons (Fsp3) is 0.333. The molecule has 48 heavy (non-hydrogen) atoms. The summed E-state index contributed by atoms with van der Waals surface area (Å²) in [6, 6.07) is 26.3. The molecule has 0 spiro atoms. The summed E-state index contributed by atoms with van der Waals surface area (Å²) in [4.78, 5) is 30.5. The molecule has 4 aromatic rings. The second kappa shape index (κ2) is 15.6. The number of aryl methyl sites for hydroxylation is 3. The lowest BCUT2D eigenvalue weighted by molar-refractivity contribution is -0.140. The maximum atomic E-state index is 14.7. The minimum absolute atomic E-state index is 0.000605. The first-order valence-electron chi connectivity index (χ1n) is 16.6. The Labute approximate surface area is 283 Å². The van der Waals surface area contributed by atoms with Gasteiger partial charge in [0.05, 0.1) is 10.6 Å². The molecule has 0 radical (unpaired) electrons. The summed E-state index contributed by atoms with van der Waals surface area (Å²) in [5.41, 5.74) is 4.29. The molecular formula is C39H44FN3O4S. The molecule has 7 nitrogen and oxygen atoms in total. The quantitative estimate of drug-likeness (QED) is 0.176. The van der Waals surface area contributed by atoms with Gasteiger partial charge in [0.2, 0.25) is 11.8 Å². The molecule has 9 heteroatoms. The maximum Gasteiger partial charge on any atom is 0.264 e. The van der Waals surface area contributed by atoms with E-state index >= 15 is 0 Å². The van der Waals surface area contributed by atoms with Crippen molar-refractivity contribution in [3.8, 4) is 0 Å². The Morgan fingerprint density at radius 2 is 1.46 bits per heavy atom. The van der Waals surface area contributed by atoms with Crippen LogP contribution in [0.15, 0.2) is 102 Å². The van der Waals surface area contributed by atoms with E-state index in [0.717, 1.165) is 53.1 Å². The van der Waals surface area contributed by atoms with Crippen LogP contribution < -0.4 is 9.62 Å². The van der Waals surface area contributed by atoms with Crippen LogP contribution in [-0.2, 0) is 32.6 Å². The first-order valence-corrected chi connectivity index (χ1v) is 18.0. The van der Waals surface area contributed by atoms with Crippen LogP contribution in [0, 0.1) is 26.6 Å². The van der Waals surface area contributed by atoms with Gasteiger partial charge in [-0.2, -0.15) is 0 Å². The van der Waals surface area contributed by atoms with E-state index in [9.17, 15) is 22.4 Å². The van der Waals surface area contributed by atoms with Crippen molar-refractivity contribution in [2.24, 2.45) is 0 Å². The molecule has 4 aromatic carbocycles. The molecule has 0 unspecified atom stereocenters. The van der Waals surface area contributed by atoms with Crippen LogP contribution in [-0.4, -0.2) is 43.8 Å². The number of anilines is 1. The third kappa shape index (κ3) is 8.69. The highest BCUT2D eigenvalue weighted by Gasteiger charge is 2.36. The van der Waals surface area contributed by atoms with E-state index in [1.807, 2.05) is 63.2 Å². The predicted octanol–water partition coefficient (Wildman–Crippen LogP) is 7.04. The van der Waals surface area contributed by atoms with E-state index in [2.05, 4.69) is 5.32 Å². The Bertz CT molecular complexity index is 1810. The van der Waals surface area contributed by atoms with Gasteiger partial charge in [-0.1, -0.05) is 91.6 Å². The van der Waals surface area contributed by atoms with Crippen molar-refractivity contribution in [2.45, 2.75) is 82.8 Å². The molecule has 1 fully saturated rings. The van der Waals surface area contributed by atoms with E-state index in [0.29, 0.717) is 16.8 Å². The molecular weight excluding hydrogens is 626 g/mol. The Morgan fingerprint density at radius 3 is 2.12 bits per heavy atom. The largest absolute Gasteiger partial charge is 0.352 e. The van der Waals surface area contributed by atoms with Gasteiger partial charge in [-0.05, 0) is 86.2 Å². The fourth-order valence-corrected chi connectivity index (χ4v) is 7.69. The van der Waals surface area contributed by atoms with Crippen LogP contribution in [0.3, 0.4) is 0 Å². The van der Waals surface area contributed by atoms with Crippen molar-refractivity contribution < 1.29 is 22.4 Å². The van der Waals surface area contributed by atoms with Gasteiger partial charge in [-0.15, -0.1) is 0 Å². The van der Waals surface area contributed by atoms with E-state index in [-0.39, 0.29) is 29.8 Å². The van der Waals surface area contributed by atoms with Gasteiger partial charge < -0.3 is 10.2 Å². The number of nitrogens with one attached hydrogen (secondary N) is 1. The monoisotopic (exact) mass is 669 g/mol. The lowest BCUT2D eigenvalue weighted by Crippen LogP contribution is -2.55. The number of benzene rings is 4. The zero-order valence-corrected chi connectivity index (χ0v) is 28.7. The highest BCUT2D eigenvalue weighted by Crippen LogP contribution is 2.29. The van der Waals surface area contributed by atoms with Crippen LogP contribution >= 0.6 is 0 Å². The van der Waals surface area contributed by atoms with Crippen molar-refractivity contribution in [1.82, 2.24) is 10.2 Å². The molecule has 0 aliphatic heterocycles. The number of amides is 2. The number of carbonyl (C=O) groups excluding carboxylic acids is 2. The number of nitrogens with zero attached hydrogens (tertiary/aromatic N) is 2. The van der Waals surface area contributed by atoms with Crippen molar-refractivity contribution in [2.75, 3.05) is 10.8 Å². The van der Waals surface area contributed by atoms with Gasteiger partial charge >= 0.3 is 0 Å². The fourth-order valence-electron chi connectivity index (χ4n) is 6.22. The van der Waals surface area contributed by atoms with Crippen LogP contribution in [0.2, 0.25) is 0 Å². The molecule has 252 valence electrons. The Balaban J connectivity index is 1.58. The van der Waals surface area contributed by atoms with Crippen molar-refractivity contribution >= 4 is 27.5 Å². The average Bonchev–Trinajstić information content (AvgIpc) is 3.08. The van der Waals surface area contributed by atoms with Gasteiger partial charge in [0.1, 0.15) is 18.4 Å². The summed E-state index contributed by atoms with van der Waals surface area (Å²) in [5, 5.41) is 3.21. The van der Waals surface area contributed by atoms with Crippen molar-refractivity contribution in [3.63, 3.8) is 0 Å². The summed E-state index contributed by atoms with van der Waals surface area (Å²) in [6.45, 7) is 5.00. The molecule has 1 saturated carbocycles. The zero-order chi connectivity index (χ0) is 34.3. The molecule has 1 N–H and O–H groups in total. The third-order valence-corrected chi connectivity index (χ3v) is 10.8. The lowest BCUT2D eigenvalue weighted by atomic mass is 9.94. The number of hydrogen-bond acceptors (Lipinski definition) is 4. The standard InChI is InChI=1S/C39H44FN3O4S/c1-28-15-22-35(23-16-28)48(46,47)43(36-24-29(2)14-17-30(36)3)27-38(44)42(26-32-18-20-33(40)21-19-32)37(25-31-10-6-4-7-11-31)39(45)41-34-12-8-5-9-13-34/h4,6-7,10-11,14-24,34,37H,5,8-9,12-13,25-27H2,1-3H3,(H,41,45)/t37-/m0/s1. The minimum Gasteiger partial charge on any atom is -0.352 e. The van der Waals surface area contributed by atoms with E-state index in [1.165, 1.54) is 17.0 Å². The summed E-state index contributed by atoms with van der Waals surface area (Å²) in [7, 11) is -4.21. The molecule has 0 bridgehead atoms. The Kier molecular flexibility index (Phi) is 11.3. The van der Waals surface area contributed by atoms with Gasteiger partial charge in [0.25, 0.3) is 10.0 Å². The maximum absolute atomic E-state index is 14.7. The molecule has 5 rings (SSSR count). The van der Waals surface area contributed by atoms with Crippen molar-refractivity contribution in [1.29, 1.82) is 0 Å². The van der Waals surface area contributed by atoms with Gasteiger partial charge in [-0.25, -0.2) is 12.8 Å². The highest BCUT2D eigenvalue weighted by atomic mass is 32.2. The molecule has 1 aliphatic carbocycles. The Hall–Kier alpha value is -4.50. The number of hydrogen-bond donors (Lipinski definition) is 1.